The number of fused-ring (bicyclic) bond motifs is 3. The highest BCUT2D eigenvalue weighted by Crippen LogP contribution is 2.44. The molecule has 0 saturated carbocycles. The molecule has 1 aliphatic rings. The van der Waals surface area contributed by atoms with Gasteiger partial charge in [0.15, 0.2) is 0 Å². The predicted octanol–water partition coefficient (Wildman–Crippen LogP) is 5.65. The molecule has 3 aromatic rings. The molecule has 4 rings (SSSR count). The molecule has 0 spiro atoms. The molecule has 0 unspecified atom stereocenters. The Morgan fingerprint density at radius 2 is 1.55 bits per heavy atom. The third-order valence-electron chi connectivity index (χ3n) is 5.84. The van der Waals surface area contributed by atoms with E-state index in [-0.39, 0.29) is 12.3 Å². The first kappa shape index (κ1) is 22.3. The molecule has 0 fully saturated rings. The topological polar surface area (TPSA) is 75.6 Å². The van der Waals surface area contributed by atoms with Crippen LogP contribution >= 0.6 is 0 Å². The van der Waals surface area contributed by atoms with Gasteiger partial charge in [-0.25, -0.2) is 4.79 Å². The van der Waals surface area contributed by atoms with Crippen molar-refractivity contribution in [3.8, 4) is 11.1 Å². The third kappa shape index (κ3) is 5.69. The summed E-state index contributed by atoms with van der Waals surface area (Å²) in [6.07, 6.45) is 4.93. The number of rotatable bonds is 9. The first-order chi connectivity index (χ1) is 16.1. The van der Waals surface area contributed by atoms with Gasteiger partial charge in [0.2, 0.25) is 0 Å². The number of nitrogens with one attached hydrogen (secondary N) is 1. The molecule has 0 saturated heterocycles. The largest absolute Gasteiger partial charge is 0.481 e. The molecular weight excluding hydrogens is 414 g/mol. The Morgan fingerprint density at radius 1 is 0.909 bits per heavy atom. The number of alkyl carbamates (subject to hydrolysis) is 1. The summed E-state index contributed by atoms with van der Waals surface area (Å²) in [6.45, 7) is 0.799. The van der Waals surface area contributed by atoms with Gasteiger partial charge in [0.25, 0.3) is 0 Å². The van der Waals surface area contributed by atoms with Crippen LogP contribution in [0.3, 0.4) is 0 Å². The number of carbonyl (C=O) groups excluding carboxylic acids is 1. The van der Waals surface area contributed by atoms with E-state index in [2.05, 4.69) is 29.6 Å². The summed E-state index contributed by atoms with van der Waals surface area (Å²) >= 11 is 0. The number of ether oxygens (including phenoxy) is 1. The fourth-order valence-electron chi connectivity index (χ4n) is 4.17. The number of carbonyl (C=O) groups is 2. The summed E-state index contributed by atoms with van der Waals surface area (Å²) in [5.41, 5.74) is 6.86. The van der Waals surface area contributed by atoms with Crippen LogP contribution in [0.1, 0.15) is 41.0 Å². The Hall–Kier alpha value is -3.86. The van der Waals surface area contributed by atoms with Crippen molar-refractivity contribution in [1.82, 2.24) is 5.32 Å². The summed E-state index contributed by atoms with van der Waals surface area (Å²) in [4.78, 5) is 22.9. The van der Waals surface area contributed by atoms with Crippen LogP contribution in [0.5, 0.6) is 0 Å². The molecule has 5 nitrogen and oxygen atoms in total. The van der Waals surface area contributed by atoms with Gasteiger partial charge in [0.1, 0.15) is 6.61 Å². The standard InChI is InChI=1S/C28H27NO4/c30-27(31)17-16-21-14-12-20(13-15-21)7-5-6-18-29-28(32)33-19-26-24-10-3-1-8-22(24)23-9-2-4-11-25(23)26/h1-5,7-15,26H,6,16-19H2,(H,29,32)(H,30,31). The van der Waals surface area contributed by atoms with Crippen molar-refractivity contribution in [3.05, 3.63) is 101 Å². The first-order valence-corrected chi connectivity index (χ1v) is 11.2. The quantitative estimate of drug-likeness (QED) is 0.421. The molecule has 0 aliphatic heterocycles. The van der Waals surface area contributed by atoms with Gasteiger partial charge in [-0.15, -0.1) is 0 Å². The zero-order chi connectivity index (χ0) is 23.0. The van der Waals surface area contributed by atoms with Crippen LogP contribution in [0.25, 0.3) is 17.2 Å². The predicted molar refractivity (Wildman–Crippen MR) is 129 cm³/mol. The zero-order valence-corrected chi connectivity index (χ0v) is 18.4. The Labute approximate surface area is 193 Å². The summed E-state index contributed by atoms with van der Waals surface area (Å²) < 4.78 is 5.54. The highest BCUT2D eigenvalue weighted by Gasteiger charge is 2.28. The van der Waals surface area contributed by atoms with E-state index in [1.54, 1.807) is 0 Å². The minimum absolute atomic E-state index is 0.0570. The van der Waals surface area contributed by atoms with Gasteiger partial charge in [-0.05, 0) is 46.2 Å². The molecular formula is C28H27NO4. The van der Waals surface area contributed by atoms with Crippen LogP contribution in [0.4, 0.5) is 4.79 Å². The van der Waals surface area contributed by atoms with E-state index < -0.39 is 12.1 Å². The number of hydrogen-bond acceptors (Lipinski definition) is 3. The van der Waals surface area contributed by atoms with Crippen molar-refractivity contribution in [2.24, 2.45) is 0 Å². The van der Waals surface area contributed by atoms with Gasteiger partial charge in [-0.3, -0.25) is 4.79 Å². The van der Waals surface area contributed by atoms with Gasteiger partial charge >= 0.3 is 12.1 Å². The van der Waals surface area contributed by atoms with Gasteiger partial charge in [-0.2, -0.15) is 0 Å². The lowest BCUT2D eigenvalue weighted by Crippen LogP contribution is -2.26. The molecule has 0 bridgehead atoms. The van der Waals surface area contributed by atoms with Crippen LogP contribution in [-0.4, -0.2) is 30.3 Å². The van der Waals surface area contributed by atoms with Crippen LogP contribution in [0.15, 0.2) is 78.9 Å². The third-order valence-corrected chi connectivity index (χ3v) is 5.84. The maximum atomic E-state index is 12.2. The number of hydrogen-bond donors (Lipinski definition) is 2. The van der Waals surface area contributed by atoms with Crippen LogP contribution in [-0.2, 0) is 16.0 Å². The molecule has 5 heteroatoms. The van der Waals surface area contributed by atoms with Crippen LogP contribution in [0.2, 0.25) is 0 Å². The molecule has 2 N–H and O–H groups in total. The lowest BCUT2D eigenvalue weighted by Gasteiger charge is -2.14. The Morgan fingerprint density at radius 3 is 2.18 bits per heavy atom. The van der Waals surface area contributed by atoms with E-state index >= 15 is 0 Å². The minimum Gasteiger partial charge on any atom is -0.481 e. The molecule has 1 amide bonds. The van der Waals surface area contributed by atoms with E-state index in [1.807, 2.05) is 60.7 Å². The monoisotopic (exact) mass is 441 g/mol. The molecule has 0 aromatic heterocycles. The van der Waals surface area contributed by atoms with E-state index in [1.165, 1.54) is 22.3 Å². The fourth-order valence-corrected chi connectivity index (χ4v) is 4.17. The van der Waals surface area contributed by atoms with Crippen molar-refractivity contribution in [3.63, 3.8) is 0 Å². The average molecular weight is 442 g/mol. The van der Waals surface area contributed by atoms with E-state index in [0.717, 1.165) is 11.1 Å². The highest BCUT2D eigenvalue weighted by molar-refractivity contribution is 5.79. The minimum atomic E-state index is -0.789. The second-order valence-electron chi connectivity index (χ2n) is 8.08. The van der Waals surface area contributed by atoms with Crippen molar-refractivity contribution in [1.29, 1.82) is 0 Å². The number of amides is 1. The number of aryl methyl sites for hydroxylation is 1. The SMILES string of the molecule is O=C(O)CCc1ccc(C=CCCNC(=O)OCC2c3ccccc3-c3ccccc32)cc1. The Bertz CT molecular complexity index is 1110. The van der Waals surface area contributed by atoms with E-state index in [4.69, 9.17) is 9.84 Å². The maximum Gasteiger partial charge on any atom is 0.407 e. The summed E-state index contributed by atoms with van der Waals surface area (Å²) in [5.74, 6) is -0.732. The smallest absolute Gasteiger partial charge is 0.407 e. The summed E-state index contributed by atoms with van der Waals surface area (Å²) in [7, 11) is 0. The van der Waals surface area contributed by atoms with Gasteiger partial charge < -0.3 is 15.2 Å². The number of carboxylic acid groups (broad SMARTS) is 1. The van der Waals surface area contributed by atoms with Crippen molar-refractivity contribution in [2.75, 3.05) is 13.2 Å². The van der Waals surface area contributed by atoms with Gasteiger partial charge in [0.05, 0.1) is 0 Å². The Kier molecular flexibility index (Phi) is 7.20. The van der Waals surface area contributed by atoms with Crippen molar-refractivity contribution >= 4 is 18.1 Å². The molecule has 3 aromatic carbocycles. The lowest BCUT2D eigenvalue weighted by atomic mass is 9.98. The molecule has 1 aliphatic carbocycles. The Balaban J connectivity index is 1.21. The second-order valence-corrected chi connectivity index (χ2v) is 8.08. The second kappa shape index (κ2) is 10.6. The molecule has 168 valence electrons. The first-order valence-electron chi connectivity index (χ1n) is 11.2. The fraction of sp³-hybridized carbons (Fsp3) is 0.214. The van der Waals surface area contributed by atoms with Gasteiger partial charge in [-0.1, -0.05) is 84.9 Å². The van der Waals surface area contributed by atoms with E-state index in [9.17, 15) is 9.59 Å². The average Bonchev–Trinajstić information content (AvgIpc) is 3.15. The summed E-state index contributed by atoms with van der Waals surface area (Å²) in [6, 6.07) is 24.4. The van der Waals surface area contributed by atoms with Gasteiger partial charge in [0, 0.05) is 18.9 Å². The normalized spacial score (nSPS) is 12.4. The molecule has 0 heterocycles. The van der Waals surface area contributed by atoms with Crippen LogP contribution in [0, 0.1) is 0 Å². The van der Waals surface area contributed by atoms with Crippen LogP contribution < -0.4 is 5.32 Å². The van der Waals surface area contributed by atoms with Crippen molar-refractivity contribution in [2.45, 2.75) is 25.2 Å². The molecule has 0 atom stereocenters. The molecule has 0 radical (unpaired) electrons. The number of carboxylic acids is 1. The highest BCUT2D eigenvalue weighted by atomic mass is 16.5. The van der Waals surface area contributed by atoms with Crippen molar-refractivity contribution < 1.29 is 19.4 Å². The van der Waals surface area contributed by atoms with E-state index in [0.29, 0.717) is 26.0 Å². The lowest BCUT2D eigenvalue weighted by molar-refractivity contribution is -0.136. The maximum absolute atomic E-state index is 12.2. The zero-order valence-electron chi connectivity index (χ0n) is 18.4. The number of aliphatic carboxylic acids is 1. The molecule has 33 heavy (non-hydrogen) atoms. The number of benzene rings is 3. The summed E-state index contributed by atoms with van der Waals surface area (Å²) in [5, 5.41) is 11.6.